The van der Waals surface area contributed by atoms with Crippen molar-refractivity contribution < 1.29 is 0 Å². The molecule has 0 amide bonds. The molecule has 0 saturated heterocycles. The molecule has 0 saturated carbocycles. The van der Waals surface area contributed by atoms with Gasteiger partial charge in [-0.25, -0.2) is 15.0 Å². The Morgan fingerprint density at radius 3 is 1.76 bits per heavy atom. The highest BCUT2D eigenvalue weighted by Crippen LogP contribution is 2.36. The Bertz CT molecular complexity index is 2310. The monoisotopic (exact) mass is 590 g/mol. The fourth-order valence-electron chi connectivity index (χ4n) is 6.17. The standard InChI is InChI=1S/C42H30N4/c1-3-29-26-34(46-38-17-11-10-16-36(38)37-27-33(22-25-39(37)46)30-20-18-28(2)19-21-30)23-24-35(29)42-44-40(31-12-6-4-7-13-31)43-41(45-42)32-14-8-5-9-15-32/h3-27H,1H2,2H3. The van der Waals surface area contributed by atoms with E-state index in [1.165, 1.54) is 27.5 Å². The predicted molar refractivity (Wildman–Crippen MR) is 191 cm³/mol. The number of hydrogen-bond donors (Lipinski definition) is 0. The normalized spacial score (nSPS) is 11.2. The van der Waals surface area contributed by atoms with Gasteiger partial charge < -0.3 is 4.57 Å². The van der Waals surface area contributed by atoms with Crippen LogP contribution in [0.4, 0.5) is 0 Å². The van der Waals surface area contributed by atoms with Crippen LogP contribution in [0.15, 0.2) is 152 Å². The predicted octanol–water partition coefficient (Wildman–Crippen LogP) is 10.6. The zero-order chi connectivity index (χ0) is 31.0. The highest BCUT2D eigenvalue weighted by atomic mass is 15.0. The minimum atomic E-state index is 0.610. The fraction of sp³-hybridized carbons (Fsp3) is 0.0238. The lowest BCUT2D eigenvalue weighted by molar-refractivity contribution is 1.07. The van der Waals surface area contributed by atoms with Gasteiger partial charge in [-0.1, -0.05) is 127 Å². The summed E-state index contributed by atoms with van der Waals surface area (Å²) in [5, 5.41) is 2.43. The van der Waals surface area contributed by atoms with E-state index in [-0.39, 0.29) is 0 Å². The third kappa shape index (κ3) is 4.86. The van der Waals surface area contributed by atoms with E-state index in [1.54, 1.807) is 0 Å². The van der Waals surface area contributed by atoms with Gasteiger partial charge in [0.2, 0.25) is 0 Å². The summed E-state index contributed by atoms with van der Waals surface area (Å²) in [7, 11) is 0. The maximum Gasteiger partial charge on any atom is 0.164 e. The van der Waals surface area contributed by atoms with Gasteiger partial charge in [-0.15, -0.1) is 0 Å². The first-order valence-electron chi connectivity index (χ1n) is 15.4. The van der Waals surface area contributed by atoms with Crippen molar-refractivity contribution >= 4 is 27.9 Å². The van der Waals surface area contributed by atoms with Gasteiger partial charge in [0.15, 0.2) is 17.5 Å². The Labute approximate surface area is 268 Å². The van der Waals surface area contributed by atoms with Gasteiger partial charge in [0.25, 0.3) is 0 Å². The summed E-state index contributed by atoms with van der Waals surface area (Å²) in [6, 6.07) is 50.6. The molecule has 0 radical (unpaired) electrons. The van der Waals surface area contributed by atoms with Gasteiger partial charge in [-0.05, 0) is 60.0 Å². The first kappa shape index (κ1) is 27.4. The molecule has 6 aromatic carbocycles. The highest BCUT2D eigenvalue weighted by Gasteiger charge is 2.17. The van der Waals surface area contributed by atoms with Crippen LogP contribution in [0.25, 0.3) is 78.9 Å². The van der Waals surface area contributed by atoms with Gasteiger partial charge in [-0.3, -0.25) is 0 Å². The molecular formula is C42H30N4. The zero-order valence-electron chi connectivity index (χ0n) is 25.4. The second-order valence-electron chi connectivity index (χ2n) is 11.5. The van der Waals surface area contributed by atoms with E-state index >= 15 is 0 Å². The third-order valence-corrected chi connectivity index (χ3v) is 8.51. The Morgan fingerprint density at radius 2 is 1.09 bits per heavy atom. The van der Waals surface area contributed by atoms with Crippen molar-refractivity contribution in [3.63, 3.8) is 0 Å². The number of hydrogen-bond acceptors (Lipinski definition) is 3. The van der Waals surface area contributed by atoms with Crippen LogP contribution in [0.2, 0.25) is 0 Å². The second kappa shape index (κ2) is 11.4. The minimum Gasteiger partial charge on any atom is -0.309 e. The van der Waals surface area contributed by atoms with Gasteiger partial charge in [0.1, 0.15) is 0 Å². The van der Waals surface area contributed by atoms with Crippen molar-refractivity contribution in [1.29, 1.82) is 0 Å². The molecular weight excluding hydrogens is 560 g/mol. The lowest BCUT2D eigenvalue weighted by atomic mass is 10.0. The molecule has 0 spiro atoms. The van der Waals surface area contributed by atoms with Crippen molar-refractivity contribution in [3.05, 3.63) is 163 Å². The average Bonchev–Trinajstić information content (AvgIpc) is 3.46. The lowest BCUT2D eigenvalue weighted by Crippen LogP contribution is -2.02. The summed E-state index contributed by atoms with van der Waals surface area (Å²) in [5.41, 5.74) is 10.8. The molecule has 2 aromatic heterocycles. The van der Waals surface area contributed by atoms with Crippen LogP contribution in [0.5, 0.6) is 0 Å². The molecule has 4 heteroatoms. The van der Waals surface area contributed by atoms with Crippen LogP contribution in [-0.4, -0.2) is 19.5 Å². The Kier molecular flexibility index (Phi) is 6.81. The molecule has 46 heavy (non-hydrogen) atoms. The fourth-order valence-corrected chi connectivity index (χ4v) is 6.17. The third-order valence-electron chi connectivity index (χ3n) is 8.51. The van der Waals surface area contributed by atoms with Crippen molar-refractivity contribution in [2.75, 3.05) is 0 Å². The number of aromatic nitrogens is 4. The van der Waals surface area contributed by atoms with Crippen molar-refractivity contribution in [2.24, 2.45) is 0 Å². The number of rotatable bonds is 6. The molecule has 8 rings (SSSR count). The molecule has 8 aromatic rings. The van der Waals surface area contributed by atoms with E-state index in [9.17, 15) is 0 Å². The maximum atomic E-state index is 4.97. The molecule has 0 atom stereocenters. The molecule has 218 valence electrons. The molecule has 4 nitrogen and oxygen atoms in total. The quantitative estimate of drug-likeness (QED) is 0.193. The van der Waals surface area contributed by atoms with Crippen LogP contribution in [-0.2, 0) is 0 Å². The van der Waals surface area contributed by atoms with E-state index in [1.807, 2.05) is 66.7 Å². The number of fused-ring (bicyclic) bond motifs is 3. The molecule has 0 aliphatic rings. The van der Waals surface area contributed by atoms with E-state index in [2.05, 4.69) is 103 Å². The number of nitrogens with zero attached hydrogens (tertiary/aromatic N) is 4. The molecule has 2 heterocycles. The highest BCUT2D eigenvalue weighted by molar-refractivity contribution is 6.10. The molecule has 0 N–H and O–H groups in total. The van der Waals surface area contributed by atoms with Crippen LogP contribution < -0.4 is 0 Å². The number of benzene rings is 6. The van der Waals surface area contributed by atoms with E-state index < -0.39 is 0 Å². The van der Waals surface area contributed by atoms with Crippen LogP contribution in [0, 0.1) is 6.92 Å². The number of aryl methyl sites for hydroxylation is 1. The van der Waals surface area contributed by atoms with Crippen LogP contribution >= 0.6 is 0 Å². The summed E-state index contributed by atoms with van der Waals surface area (Å²) in [4.78, 5) is 14.8. The van der Waals surface area contributed by atoms with Gasteiger partial charge >= 0.3 is 0 Å². The Morgan fingerprint density at radius 1 is 0.500 bits per heavy atom. The average molecular weight is 591 g/mol. The molecule has 0 aliphatic carbocycles. The molecule has 0 bridgehead atoms. The van der Waals surface area contributed by atoms with Crippen LogP contribution in [0.1, 0.15) is 11.1 Å². The molecule has 0 unspecified atom stereocenters. The number of para-hydroxylation sites is 1. The molecule has 0 fully saturated rings. The summed E-state index contributed by atoms with van der Waals surface area (Å²) < 4.78 is 2.33. The van der Waals surface area contributed by atoms with E-state index in [0.717, 1.165) is 39.0 Å². The van der Waals surface area contributed by atoms with Gasteiger partial charge in [0, 0.05) is 33.2 Å². The van der Waals surface area contributed by atoms with E-state index in [4.69, 9.17) is 15.0 Å². The first-order valence-corrected chi connectivity index (χ1v) is 15.4. The van der Waals surface area contributed by atoms with Crippen LogP contribution in [0.3, 0.4) is 0 Å². The summed E-state index contributed by atoms with van der Waals surface area (Å²) in [6.07, 6.45) is 1.89. The Balaban J connectivity index is 1.29. The smallest absolute Gasteiger partial charge is 0.164 e. The summed E-state index contributed by atoms with van der Waals surface area (Å²) >= 11 is 0. The van der Waals surface area contributed by atoms with Gasteiger partial charge in [0.05, 0.1) is 11.0 Å². The lowest BCUT2D eigenvalue weighted by Gasteiger charge is -2.13. The second-order valence-corrected chi connectivity index (χ2v) is 11.5. The summed E-state index contributed by atoms with van der Waals surface area (Å²) in [6.45, 7) is 6.32. The zero-order valence-corrected chi connectivity index (χ0v) is 25.4. The van der Waals surface area contributed by atoms with Crippen molar-refractivity contribution in [2.45, 2.75) is 6.92 Å². The summed E-state index contributed by atoms with van der Waals surface area (Å²) in [5.74, 6) is 1.88. The van der Waals surface area contributed by atoms with Crippen molar-refractivity contribution in [1.82, 2.24) is 19.5 Å². The molecule has 0 aliphatic heterocycles. The topological polar surface area (TPSA) is 43.6 Å². The van der Waals surface area contributed by atoms with Gasteiger partial charge in [-0.2, -0.15) is 0 Å². The Hall–Kier alpha value is -6.13. The minimum absolute atomic E-state index is 0.610. The van der Waals surface area contributed by atoms with Crippen molar-refractivity contribution in [3.8, 4) is 51.0 Å². The first-order chi connectivity index (χ1) is 22.7. The largest absolute Gasteiger partial charge is 0.309 e. The maximum absolute atomic E-state index is 4.97. The van der Waals surface area contributed by atoms with E-state index in [0.29, 0.717) is 17.5 Å². The SMILES string of the molecule is C=Cc1cc(-n2c3ccccc3c3cc(-c4ccc(C)cc4)ccc32)ccc1-c1nc(-c2ccccc2)nc(-c2ccccc2)n1.